The van der Waals surface area contributed by atoms with Crippen molar-refractivity contribution in [3.63, 3.8) is 0 Å². The fourth-order valence-electron chi connectivity index (χ4n) is 5.73. The monoisotopic (exact) mass is 689 g/mol. The molecular formula is C38H44ClN3O7. The van der Waals surface area contributed by atoms with Crippen LogP contribution in [0.4, 0.5) is 11.4 Å². The Morgan fingerprint density at radius 1 is 0.918 bits per heavy atom. The molecule has 3 aromatic rings. The molecule has 0 bridgehead atoms. The van der Waals surface area contributed by atoms with Crippen molar-refractivity contribution < 1.29 is 33.4 Å². The maximum absolute atomic E-state index is 14.0. The number of ketones is 2. The first kappa shape index (κ1) is 37.3. The van der Waals surface area contributed by atoms with Crippen LogP contribution in [-0.2, 0) is 35.3 Å². The summed E-state index contributed by atoms with van der Waals surface area (Å²) in [4.78, 5) is 70.2. The van der Waals surface area contributed by atoms with Crippen molar-refractivity contribution in [3.05, 3.63) is 88.4 Å². The SMILES string of the molecule is CCOC1C(=O)C(C(C(=O)Nc2cc(NC(=O)C(CC)Oc3ccc(C)cc3C)ccc2Cl)C(=O)C(C)(C)C)C(=O)N1Cc1ccccc1. The Hall–Kier alpha value is -4.54. The summed E-state index contributed by atoms with van der Waals surface area (Å²) < 4.78 is 11.7. The van der Waals surface area contributed by atoms with Gasteiger partial charge < -0.3 is 25.0 Å². The van der Waals surface area contributed by atoms with Crippen LogP contribution < -0.4 is 15.4 Å². The molecule has 3 aromatic carbocycles. The molecule has 49 heavy (non-hydrogen) atoms. The van der Waals surface area contributed by atoms with Gasteiger partial charge >= 0.3 is 0 Å². The molecule has 0 spiro atoms. The van der Waals surface area contributed by atoms with Crippen LogP contribution in [-0.4, -0.2) is 53.1 Å². The zero-order chi connectivity index (χ0) is 36.0. The van der Waals surface area contributed by atoms with Gasteiger partial charge in [-0.1, -0.05) is 87.3 Å². The topological polar surface area (TPSA) is 131 Å². The van der Waals surface area contributed by atoms with Crippen molar-refractivity contribution in [1.29, 1.82) is 0 Å². The standard InChI is InChI=1S/C38H44ClN3O7/c1-8-28(49-29-18-15-22(3)19-23(29)4)34(45)40-25-16-17-26(39)27(20-25)41-35(46)31(33(44)38(5,6)7)30-32(43)37(48-9-2)42(36(30)47)21-24-13-11-10-12-14-24/h10-20,28,30-31,37H,8-9,21H2,1-7H3,(H,40,45)(H,41,46). The van der Waals surface area contributed by atoms with Gasteiger partial charge in [-0.2, -0.15) is 0 Å². The Kier molecular flexibility index (Phi) is 12.0. The molecule has 1 aliphatic rings. The van der Waals surface area contributed by atoms with E-state index in [0.717, 1.165) is 16.7 Å². The van der Waals surface area contributed by atoms with Crippen LogP contribution in [0.2, 0.25) is 5.02 Å². The van der Waals surface area contributed by atoms with E-state index < -0.39 is 58.9 Å². The molecule has 0 radical (unpaired) electrons. The quantitative estimate of drug-likeness (QED) is 0.196. The van der Waals surface area contributed by atoms with Crippen molar-refractivity contribution in [2.45, 2.75) is 73.8 Å². The van der Waals surface area contributed by atoms with Gasteiger partial charge in [0.05, 0.1) is 10.7 Å². The third kappa shape index (κ3) is 8.74. The van der Waals surface area contributed by atoms with Crippen molar-refractivity contribution in [2.75, 3.05) is 17.2 Å². The van der Waals surface area contributed by atoms with Crippen LogP contribution in [0.15, 0.2) is 66.7 Å². The first-order chi connectivity index (χ1) is 23.2. The second kappa shape index (κ2) is 15.8. The van der Waals surface area contributed by atoms with Gasteiger partial charge in [-0.05, 0) is 62.6 Å². The molecule has 2 N–H and O–H groups in total. The fraction of sp³-hybridized carbons (Fsp3) is 0.395. The van der Waals surface area contributed by atoms with Gasteiger partial charge in [0.1, 0.15) is 17.6 Å². The predicted molar refractivity (Wildman–Crippen MR) is 188 cm³/mol. The van der Waals surface area contributed by atoms with E-state index >= 15 is 0 Å². The highest BCUT2D eigenvalue weighted by Gasteiger charge is 2.56. The summed E-state index contributed by atoms with van der Waals surface area (Å²) in [5.41, 5.74) is 2.04. The molecule has 0 aromatic heterocycles. The van der Waals surface area contributed by atoms with Gasteiger partial charge in [0.25, 0.3) is 5.91 Å². The van der Waals surface area contributed by atoms with E-state index in [2.05, 4.69) is 10.6 Å². The second-order valence-corrected chi connectivity index (χ2v) is 13.6. The van der Waals surface area contributed by atoms with E-state index in [0.29, 0.717) is 17.9 Å². The number of likely N-dealkylation sites (tertiary alicyclic amines) is 1. The van der Waals surface area contributed by atoms with Gasteiger partial charge in [-0.15, -0.1) is 0 Å². The minimum atomic E-state index is -1.67. The van der Waals surface area contributed by atoms with Gasteiger partial charge in [0, 0.05) is 24.3 Å². The Morgan fingerprint density at radius 2 is 1.61 bits per heavy atom. The molecule has 11 heteroatoms. The minimum absolute atomic E-state index is 0.0597. The van der Waals surface area contributed by atoms with Crippen molar-refractivity contribution in [1.82, 2.24) is 4.90 Å². The van der Waals surface area contributed by atoms with E-state index in [-0.39, 0.29) is 23.9 Å². The summed E-state index contributed by atoms with van der Waals surface area (Å²) in [6.45, 7) is 12.5. The first-order valence-corrected chi connectivity index (χ1v) is 16.7. The van der Waals surface area contributed by atoms with E-state index in [1.54, 1.807) is 33.8 Å². The molecule has 4 rings (SSSR count). The second-order valence-electron chi connectivity index (χ2n) is 13.2. The van der Waals surface area contributed by atoms with E-state index in [9.17, 15) is 24.0 Å². The first-order valence-electron chi connectivity index (χ1n) is 16.3. The summed E-state index contributed by atoms with van der Waals surface area (Å²) in [6.07, 6.45) is -1.67. The molecule has 1 fully saturated rings. The zero-order valence-corrected chi connectivity index (χ0v) is 29.7. The zero-order valence-electron chi connectivity index (χ0n) is 29.0. The van der Waals surface area contributed by atoms with E-state index in [4.69, 9.17) is 21.1 Å². The van der Waals surface area contributed by atoms with E-state index in [1.165, 1.54) is 17.0 Å². The molecular weight excluding hydrogens is 646 g/mol. The number of benzene rings is 3. The summed E-state index contributed by atoms with van der Waals surface area (Å²) >= 11 is 6.47. The van der Waals surface area contributed by atoms with E-state index in [1.807, 2.05) is 69.3 Å². The number of aryl methyl sites for hydroxylation is 2. The molecule has 1 heterocycles. The number of nitrogens with zero attached hydrogens (tertiary/aromatic N) is 1. The largest absolute Gasteiger partial charge is 0.480 e. The lowest BCUT2D eigenvalue weighted by Crippen LogP contribution is -2.45. The molecule has 1 aliphatic heterocycles. The molecule has 3 amide bonds. The minimum Gasteiger partial charge on any atom is -0.480 e. The number of nitrogens with one attached hydrogen (secondary N) is 2. The van der Waals surface area contributed by atoms with Crippen LogP contribution in [0.1, 0.15) is 57.7 Å². The number of carbonyl (C=O) groups excluding carboxylic acids is 5. The molecule has 4 unspecified atom stereocenters. The van der Waals surface area contributed by atoms with Crippen LogP contribution in [0.25, 0.3) is 0 Å². The van der Waals surface area contributed by atoms with Crippen molar-refractivity contribution >= 4 is 52.3 Å². The van der Waals surface area contributed by atoms with Gasteiger partial charge in [0.2, 0.25) is 11.8 Å². The number of Topliss-reactive ketones (excluding diaryl/α,β-unsaturated/α-hetero) is 2. The summed E-state index contributed by atoms with van der Waals surface area (Å²) in [6, 6.07) is 19.3. The average molecular weight is 690 g/mol. The lowest BCUT2D eigenvalue weighted by atomic mass is 9.75. The molecule has 0 aliphatic carbocycles. The third-order valence-electron chi connectivity index (χ3n) is 8.29. The highest BCUT2D eigenvalue weighted by atomic mass is 35.5. The lowest BCUT2D eigenvalue weighted by Gasteiger charge is -2.27. The summed E-state index contributed by atoms with van der Waals surface area (Å²) in [7, 11) is 0. The van der Waals surface area contributed by atoms with Crippen molar-refractivity contribution in [3.8, 4) is 5.75 Å². The number of halogens is 1. The van der Waals surface area contributed by atoms with Crippen LogP contribution >= 0.6 is 11.6 Å². The number of ether oxygens (including phenoxy) is 2. The number of carbonyl (C=O) groups is 5. The highest BCUT2D eigenvalue weighted by molar-refractivity contribution is 6.34. The van der Waals surface area contributed by atoms with Crippen LogP contribution in [0.3, 0.4) is 0 Å². The fourth-order valence-corrected chi connectivity index (χ4v) is 5.89. The maximum Gasteiger partial charge on any atom is 0.265 e. The Bertz CT molecular complexity index is 1720. The molecule has 4 atom stereocenters. The van der Waals surface area contributed by atoms with Gasteiger partial charge in [-0.3, -0.25) is 24.0 Å². The van der Waals surface area contributed by atoms with Crippen molar-refractivity contribution in [2.24, 2.45) is 17.3 Å². The Labute approximate surface area is 292 Å². The molecule has 1 saturated heterocycles. The summed E-state index contributed by atoms with van der Waals surface area (Å²) in [5.74, 6) is -5.91. The summed E-state index contributed by atoms with van der Waals surface area (Å²) in [5, 5.41) is 5.59. The average Bonchev–Trinajstić information content (AvgIpc) is 3.26. The number of rotatable bonds is 13. The van der Waals surface area contributed by atoms with Crippen LogP contribution in [0.5, 0.6) is 5.75 Å². The van der Waals surface area contributed by atoms with Gasteiger partial charge in [-0.25, -0.2) is 0 Å². The molecule has 10 nitrogen and oxygen atoms in total. The Morgan fingerprint density at radius 3 is 2.22 bits per heavy atom. The maximum atomic E-state index is 14.0. The van der Waals surface area contributed by atoms with Gasteiger partial charge in [0.15, 0.2) is 23.9 Å². The Balaban J connectivity index is 1.60. The van der Waals surface area contributed by atoms with Crippen LogP contribution in [0, 0.1) is 31.1 Å². The predicted octanol–water partition coefficient (Wildman–Crippen LogP) is 6.51. The number of hydrogen-bond acceptors (Lipinski definition) is 7. The lowest BCUT2D eigenvalue weighted by molar-refractivity contribution is -0.147. The number of anilines is 2. The number of hydrogen-bond donors (Lipinski definition) is 2. The molecule has 0 saturated carbocycles. The third-order valence-corrected chi connectivity index (χ3v) is 8.62. The normalized spacial score (nSPS) is 17.4. The number of amides is 3. The molecule has 260 valence electrons. The highest BCUT2D eigenvalue weighted by Crippen LogP contribution is 2.36. The smallest absolute Gasteiger partial charge is 0.265 e.